The van der Waals surface area contributed by atoms with Crippen molar-refractivity contribution in [3.05, 3.63) is 44.3 Å². The minimum atomic E-state index is -0.374. The summed E-state index contributed by atoms with van der Waals surface area (Å²) in [6, 6.07) is 3.96. The highest BCUT2D eigenvalue weighted by Gasteiger charge is 2.29. The van der Waals surface area contributed by atoms with Crippen LogP contribution in [0.2, 0.25) is 0 Å². The molecule has 1 N–H and O–H groups in total. The van der Waals surface area contributed by atoms with Gasteiger partial charge < -0.3 is 14.5 Å². The number of fused-ring (bicyclic) bond motifs is 1. The molecule has 1 unspecified atom stereocenters. The van der Waals surface area contributed by atoms with E-state index in [2.05, 4.69) is 22.4 Å². The lowest BCUT2D eigenvalue weighted by atomic mass is 9.88. The number of esters is 1. The Morgan fingerprint density at radius 1 is 1.38 bits per heavy atom. The lowest BCUT2D eigenvalue weighted by molar-refractivity contribution is -0.113. The summed E-state index contributed by atoms with van der Waals surface area (Å²) >= 11 is 4.25. The average molecular weight is 490 g/mol. The van der Waals surface area contributed by atoms with Crippen molar-refractivity contribution in [2.24, 2.45) is 5.92 Å². The van der Waals surface area contributed by atoms with Crippen LogP contribution in [0, 0.1) is 5.92 Å². The molecule has 4 rings (SSSR count). The predicted octanol–water partition coefficient (Wildman–Crippen LogP) is 5.40. The van der Waals surface area contributed by atoms with Crippen molar-refractivity contribution in [3.8, 4) is 0 Å². The van der Waals surface area contributed by atoms with Crippen molar-refractivity contribution < 1.29 is 18.7 Å². The lowest BCUT2D eigenvalue weighted by Crippen LogP contribution is -2.17. The van der Waals surface area contributed by atoms with E-state index < -0.39 is 0 Å². The molecule has 1 atom stereocenters. The van der Waals surface area contributed by atoms with Gasteiger partial charge in [0.1, 0.15) is 5.00 Å². The first kappa shape index (κ1) is 22.8. The maximum Gasteiger partial charge on any atom is 0.341 e. The minimum Gasteiger partial charge on any atom is -0.462 e. The van der Waals surface area contributed by atoms with Gasteiger partial charge in [0.15, 0.2) is 0 Å². The molecule has 0 aliphatic heterocycles. The van der Waals surface area contributed by atoms with Gasteiger partial charge in [0.05, 0.1) is 17.9 Å². The molecule has 7 nitrogen and oxygen atoms in total. The van der Waals surface area contributed by atoms with Gasteiger partial charge in [0, 0.05) is 15.8 Å². The van der Waals surface area contributed by atoms with E-state index in [0.717, 1.165) is 46.3 Å². The molecule has 1 aliphatic rings. The Morgan fingerprint density at radius 3 is 3.03 bits per heavy atom. The van der Waals surface area contributed by atoms with E-state index in [0.29, 0.717) is 34.2 Å². The second-order valence-corrected chi connectivity index (χ2v) is 10.4. The Hall–Kier alpha value is -2.43. The molecular formula is C22H23N3O4S3. The third-order valence-corrected chi connectivity index (χ3v) is 7.75. The number of thioether (sulfide) groups is 1. The van der Waals surface area contributed by atoms with E-state index in [9.17, 15) is 9.59 Å². The molecule has 0 saturated carbocycles. The SMILES string of the molecule is CCOC(=O)c1c(NC(=O)CSc2nnc(/C=C/c3cccs3)o2)sc2c1CCC(C)C2. The third kappa shape index (κ3) is 5.48. The first-order valence-corrected chi connectivity index (χ1v) is 13.0. The Labute approximate surface area is 198 Å². The first-order valence-electron chi connectivity index (χ1n) is 10.3. The standard InChI is InChI=1S/C22H23N3O4S3/c1-3-28-21(27)19-15-8-6-13(2)11-16(15)32-20(19)23-17(26)12-31-22-25-24-18(29-22)9-7-14-5-4-10-30-14/h4-5,7,9-10,13H,3,6,8,11-12H2,1-2H3,(H,23,26)/b9-7+. The quantitative estimate of drug-likeness (QED) is 0.335. The average Bonchev–Trinajstić information content (AvgIpc) is 3.50. The summed E-state index contributed by atoms with van der Waals surface area (Å²) < 4.78 is 10.8. The number of hydrogen-bond acceptors (Lipinski definition) is 9. The molecule has 0 spiro atoms. The molecule has 1 amide bonds. The summed E-state index contributed by atoms with van der Waals surface area (Å²) in [6.07, 6.45) is 6.41. The number of hydrogen-bond donors (Lipinski definition) is 1. The largest absolute Gasteiger partial charge is 0.462 e. The van der Waals surface area contributed by atoms with Crippen molar-refractivity contribution in [1.29, 1.82) is 0 Å². The molecule has 0 saturated heterocycles. The second-order valence-electron chi connectivity index (χ2n) is 7.37. The molecular weight excluding hydrogens is 466 g/mol. The summed E-state index contributed by atoms with van der Waals surface area (Å²) in [5, 5.41) is 13.7. The summed E-state index contributed by atoms with van der Waals surface area (Å²) in [5.41, 5.74) is 1.53. The van der Waals surface area contributed by atoms with Crippen molar-refractivity contribution >= 4 is 63.5 Å². The summed E-state index contributed by atoms with van der Waals surface area (Å²) in [6.45, 7) is 4.28. The lowest BCUT2D eigenvalue weighted by Gasteiger charge is -2.18. The van der Waals surface area contributed by atoms with E-state index >= 15 is 0 Å². The van der Waals surface area contributed by atoms with Crippen LogP contribution in [0.3, 0.4) is 0 Å². The Balaban J connectivity index is 1.39. The molecule has 0 aromatic carbocycles. The molecule has 0 fully saturated rings. The van der Waals surface area contributed by atoms with Gasteiger partial charge in [0.2, 0.25) is 11.8 Å². The summed E-state index contributed by atoms with van der Waals surface area (Å²) in [5.74, 6) is 0.432. The Morgan fingerprint density at radius 2 is 2.25 bits per heavy atom. The highest BCUT2D eigenvalue weighted by molar-refractivity contribution is 7.99. The van der Waals surface area contributed by atoms with Crippen LogP contribution < -0.4 is 5.32 Å². The van der Waals surface area contributed by atoms with Crippen LogP contribution in [-0.2, 0) is 22.4 Å². The minimum absolute atomic E-state index is 0.0947. The zero-order valence-corrected chi connectivity index (χ0v) is 20.2. The number of carbonyl (C=O) groups excluding carboxylic acids is 2. The highest BCUT2D eigenvalue weighted by Crippen LogP contribution is 2.40. The van der Waals surface area contributed by atoms with Crippen LogP contribution in [0.5, 0.6) is 0 Å². The zero-order chi connectivity index (χ0) is 22.5. The fraction of sp³-hybridized carbons (Fsp3) is 0.364. The van der Waals surface area contributed by atoms with Crippen LogP contribution in [-0.4, -0.2) is 34.4 Å². The maximum atomic E-state index is 12.6. The molecule has 0 radical (unpaired) electrons. The van der Waals surface area contributed by atoms with Crippen molar-refractivity contribution in [3.63, 3.8) is 0 Å². The van der Waals surface area contributed by atoms with Gasteiger partial charge in [-0.05, 0) is 55.2 Å². The third-order valence-electron chi connectivity index (χ3n) is 4.93. The molecule has 10 heteroatoms. The number of nitrogens with zero attached hydrogens (tertiary/aromatic N) is 2. The monoisotopic (exact) mass is 489 g/mol. The van der Waals surface area contributed by atoms with Gasteiger partial charge in [-0.25, -0.2) is 4.79 Å². The van der Waals surface area contributed by atoms with Crippen LogP contribution in [0.4, 0.5) is 5.00 Å². The Bertz CT molecular complexity index is 1120. The second kappa shape index (κ2) is 10.5. The number of ether oxygens (including phenoxy) is 1. The Kier molecular flexibility index (Phi) is 7.44. The highest BCUT2D eigenvalue weighted by atomic mass is 32.2. The van der Waals surface area contributed by atoms with Crippen molar-refractivity contribution in [1.82, 2.24) is 10.2 Å². The van der Waals surface area contributed by atoms with Crippen molar-refractivity contribution in [2.45, 2.75) is 38.3 Å². The smallest absolute Gasteiger partial charge is 0.341 e. The predicted molar refractivity (Wildman–Crippen MR) is 128 cm³/mol. The van der Waals surface area contributed by atoms with E-state index in [4.69, 9.17) is 9.15 Å². The number of amides is 1. The fourth-order valence-electron chi connectivity index (χ4n) is 3.43. The zero-order valence-electron chi connectivity index (χ0n) is 17.8. The van der Waals surface area contributed by atoms with Gasteiger partial charge in [-0.15, -0.1) is 32.9 Å². The fourth-order valence-corrected chi connectivity index (χ4v) is 6.04. The topological polar surface area (TPSA) is 94.3 Å². The number of rotatable bonds is 8. The van der Waals surface area contributed by atoms with Crippen LogP contribution in [0.1, 0.15) is 51.8 Å². The van der Waals surface area contributed by atoms with Crippen LogP contribution >= 0.6 is 34.4 Å². The van der Waals surface area contributed by atoms with Crippen LogP contribution in [0.15, 0.2) is 27.2 Å². The number of aromatic nitrogens is 2. The number of carbonyl (C=O) groups is 2. The molecule has 32 heavy (non-hydrogen) atoms. The number of nitrogens with one attached hydrogen (secondary N) is 1. The molecule has 0 bridgehead atoms. The van der Waals surface area contributed by atoms with Crippen molar-refractivity contribution in [2.75, 3.05) is 17.7 Å². The van der Waals surface area contributed by atoms with Gasteiger partial charge in [0.25, 0.3) is 5.22 Å². The van der Waals surface area contributed by atoms with Crippen LogP contribution in [0.25, 0.3) is 12.2 Å². The molecule has 168 valence electrons. The number of anilines is 1. The van der Waals surface area contributed by atoms with Gasteiger partial charge in [-0.1, -0.05) is 24.8 Å². The number of thiophene rings is 2. The molecule has 3 aromatic heterocycles. The van der Waals surface area contributed by atoms with E-state index in [-0.39, 0.29) is 17.6 Å². The molecule has 3 aromatic rings. The summed E-state index contributed by atoms with van der Waals surface area (Å²) in [4.78, 5) is 27.4. The van der Waals surface area contributed by atoms with Gasteiger partial charge >= 0.3 is 5.97 Å². The van der Waals surface area contributed by atoms with E-state index in [1.54, 1.807) is 24.3 Å². The first-order chi connectivity index (χ1) is 15.5. The summed E-state index contributed by atoms with van der Waals surface area (Å²) in [7, 11) is 0. The molecule has 1 aliphatic carbocycles. The van der Waals surface area contributed by atoms with E-state index in [1.165, 1.54) is 11.3 Å². The molecule has 3 heterocycles. The van der Waals surface area contributed by atoms with E-state index in [1.807, 2.05) is 23.6 Å². The van der Waals surface area contributed by atoms with Gasteiger partial charge in [-0.3, -0.25) is 4.79 Å². The van der Waals surface area contributed by atoms with Gasteiger partial charge in [-0.2, -0.15) is 0 Å². The normalized spacial score (nSPS) is 15.6. The maximum absolute atomic E-state index is 12.6.